The molecule has 0 bridgehead atoms. The molecule has 2 unspecified atom stereocenters. The number of carbonyl (C=O) groups is 2. The van der Waals surface area contributed by atoms with Gasteiger partial charge in [-0.05, 0) is 29.7 Å². The molecule has 148 valence electrons. The number of hydrogen-bond acceptors (Lipinski definition) is 4. The van der Waals surface area contributed by atoms with E-state index in [0.29, 0.717) is 18.7 Å². The van der Waals surface area contributed by atoms with E-state index in [1.165, 1.54) is 0 Å². The smallest absolute Gasteiger partial charge is 0.286 e. The Hall–Kier alpha value is -3.42. The fraction of sp³-hybridized carbons (Fsp3) is 0.182. The minimum atomic E-state index is -0.434. The van der Waals surface area contributed by atoms with Gasteiger partial charge in [0.05, 0.1) is 0 Å². The predicted molar refractivity (Wildman–Crippen MR) is 109 cm³/mol. The fourth-order valence-electron chi connectivity index (χ4n) is 3.44. The van der Waals surface area contributed by atoms with E-state index in [4.69, 9.17) is 0 Å². The van der Waals surface area contributed by atoms with Gasteiger partial charge in [0, 0.05) is 18.8 Å². The van der Waals surface area contributed by atoms with Gasteiger partial charge in [-0.1, -0.05) is 60.7 Å². The van der Waals surface area contributed by atoms with E-state index in [0.717, 1.165) is 11.1 Å². The molecule has 2 amide bonds. The van der Waals surface area contributed by atoms with E-state index in [-0.39, 0.29) is 17.9 Å². The molecule has 1 aliphatic rings. The van der Waals surface area contributed by atoms with Crippen LogP contribution >= 0.6 is 0 Å². The summed E-state index contributed by atoms with van der Waals surface area (Å²) in [4.78, 5) is 25.0. The second-order valence-corrected chi connectivity index (χ2v) is 6.99. The van der Waals surface area contributed by atoms with E-state index in [1.807, 2.05) is 77.5 Å². The van der Waals surface area contributed by atoms with Crippen LogP contribution in [0, 0.1) is 0 Å². The van der Waals surface area contributed by atoms with Crippen molar-refractivity contribution in [2.24, 2.45) is 0 Å². The first-order valence-electron chi connectivity index (χ1n) is 9.56. The summed E-state index contributed by atoms with van der Waals surface area (Å²) >= 11 is 0. The molecule has 2 heterocycles. The van der Waals surface area contributed by atoms with Crippen molar-refractivity contribution in [2.45, 2.75) is 25.0 Å². The largest absolute Gasteiger partial charge is 0.339 e. The Morgan fingerprint density at radius 2 is 1.62 bits per heavy atom. The maximum atomic E-state index is 12.5. The second-order valence-electron chi connectivity index (χ2n) is 6.99. The van der Waals surface area contributed by atoms with Crippen molar-refractivity contribution in [3.8, 4) is 0 Å². The number of hydrogen-bond donors (Lipinski definition) is 4. The van der Waals surface area contributed by atoms with Crippen LogP contribution in [-0.4, -0.2) is 22.4 Å². The molecule has 1 saturated heterocycles. The molecule has 29 heavy (non-hydrogen) atoms. The molecule has 1 aromatic heterocycles. The summed E-state index contributed by atoms with van der Waals surface area (Å²) in [6, 6.07) is 23.0. The van der Waals surface area contributed by atoms with Gasteiger partial charge in [0.1, 0.15) is 11.7 Å². The van der Waals surface area contributed by atoms with Crippen molar-refractivity contribution in [1.29, 1.82) is 0 Å². The molecule has 4 N–H and O–H groups in total. The van der Waals surface area contributed by atoms with Crippen LogP contribution < -0.4 is 21.7 Å². The van der Waals surface area contributed by atoms with Crippen LogP contribution in [0.1, 0.15) is 34.1 Å². The summed E-state index contributed by atoms with van der Waals surface area (Å²) in [5, 5.41) is 0. The Balaban J connectivity index is 1.31. The number of amides is 2. The van der Waals surface area contributed by atoms with Crippen molar-refractivity contribution in [1.82, 2.24) is 26.3 Å². The van der Waals surface area contributed by atoms with Crippen LogP contribution in [0.15, 0.2) is 79.0 Å². The van der Waals surface area contributed by atoms with E-state index >= 15 is 0 Å². The number of nitrogens with one attached hydrogen (secondary N) is 4. The van der Waals surface area contributed by atoms with Crippen LogP contribution in [-0.2, 0) is 11.3 Å². The van der Waals surface area contributed by atoms with Gasteiger partial charge in [-0.25, -0.2) is 10.9 Å². The summed E-state index contributed by atoms with van der Waals surface area (Å²) < 4.78 is 1.84. The molecule has 7 heteroatoms. The number of rotatable bonds is 5. The molecule has 0 radical (unpaired) electrons. The zero-order valence-electron chi connectivity index (χ0n) is 15.8. The molecular formula is C22H23N5O2. The number of aromatic nitrogens is 1. The third-order valence-electron chi connectivity index (χ3n) is 4.98. The molecule has 0 saturated carbocycles. The Morgan fingerprint density at radius 1 is 0.897 bits per heavy atom. The predicted octanol–water partition coefficient (Wildman–Crippen LogP) is 1.91. The standard InChI is InChI=1S/C22H23N5O2/c28-21(19-14-18(23-24-19)17-10-5-2-6-11-17)25-26-22(29)20-12-7-13-27(20)15-16-8-3-1-4-9-16/h1-13,18-19,23-24H,14-15H2,(H,25,28)(H,26,29). The quantitative estimate of drug-likeness (QED) is 0.502. The summed E-state index contributed by atoms with van der Waals surface area (Å²) in [6.45, 7) is 0.581. The lowest BCUT2D eigenvalue weighted by Crippen LogP contribution is -2.50. The molecule has 2 aromatic carbocycles. The molecule has 3 aromatic rings. The Morgan fingerprint density at radius 3 is 2.38 bits per heavy atom. The van der Waals surface area contributed by atoms with Crippen molar-refractivity contribution in [3.63, 3.8) is 0 Å². The SMILES string of the molecule is O=C(NNC(=O)C1CC(c2ccccc2)NN1)c1cccn1Cc1ccccc1. The second kappa shape index (κ2) is 8.72. The number of benzene rings is 2. The van der Waals surface area contributed by atoms with Crippen LogP contribution in [0.3, 0.4) is 0 Å². The average molecular weight is 389 g/mol. The Bertz CT molecular complexity index is 971. The number of hydrazine groups is 2. The van der Waals surface area contributed by atoms with Gasteiger partial charge in [-0.3, -0.25) is 20.4 Å². The number of nitrogens with zero attached hydrogens (tertiary/aromatic N) is 1. The van der Waals surface area contributed by atoms with Crippen LogP contribution in [0.5, 0.6) is 0 Å². The highest BCUT2D eigenvalue weighted by atomic mass is 16.2. The molecular weight excluding hydrogens is 366 g/mol. The van der Waals surface area contributed by atoms with Crippen molar-refractivity contribution < 1.29 is 9.59 Å². The highest BCUT2D eigenvalue weighted by Gasteiger charge is 2.30. The summed E-state index contributed by atoms with van der Waals surface area (Å²) in [7, 11) is 0. The topological polar surface area (TPSA) is 87.2 Å². The van der Waals surface area contributed by atoms with E-state index in [2.05, 4.69) is 21.7 Å². The van der Waals surface area contributed by atoms with Crippen molar-refractivity contribution in [3.05, 3.63) is 95.8 Å². The van der Waals surface area contributed by atoms with E-state index in [1.54, 1.807) is 6.07 Å². The van der Waals surface area contributed by atoms with E-state index in [9.17, 15) is 9.59 Å². The molecule has 7 nitrogen and oxygen atoms in total. The molecule has 4 rings (SSSR count). The van der Waals surface area contributed by atoms with Crippen LogP contribution in [0.25, 0.3) is 0 Å². The van der Waals surface area contributed by atoms with Gasteiger partial charge in [0.25, 0.3) is 11.8 Å². The zero-order valence-corrected chi connectivity index (χ0v) is 15.8. The van der Waals surface area contributed by atoms with Gasteiger partial charge in [0.2, 0.25) is 0 Å². The van der Waals surface area contributed by atoms with Gasteiger partial charge in [0.15, 0.2) is 0 Å². The molecule has 1 aliphatic heterocycles. The minimum Gasteiger partial charge on any atom is -0.339 e. The monoisotopic (exact) mass is 389 g/mol. The van der Waals surface area contributed by atoms with Crippen molar-refractivity contribution in [2.75, 3.05) is 0 Å². The minimum absolute atomic E-state index is 0.0470. The van der Waals surface area contributed by atoms with Crippen LogP contribution in [0.2, 0.25) is 0 Å². The first kappa shape index (κ1) is 18.9. The first-order valence-corrected chi connectivity index (χ1v) is 9.56. The molecule has 2 atom stereocenters. The maximum Gasteiger partial charge on any atom is 0.286 e. The maximum absolute atomic E-state index is 12.5. The van der Waals surface area contributed by atoms with Gasteiger partial charge < -0.3 is 4.57 Å². The summed E-state index contributed by atoms with van der Waals surface area (Å²) in [5.74, 6) is -0.643. The molecule has 1 fully saturated rings. The third kappa shape index (κ3) is 4.53. The number of carbonyl (C=O) groups excluding carboxylic acids is 2. The summed E-state index contributed by atoms with van der Waals surface area (Å²) in [6.07, 6.45) is 2.44. The third-order valence-corrected chi connectivity index (χ3v) is 4.98. The Labute approximate surface area is 169 Å². The Kier molecular flexibility index (Phi) is 5.69. The lowest BCUT2D eigenvalue weighted by Gasteiger charge is -2.13. The highest BCUT2D eigenvalue weighted by Crippen LogP contribution is 2.21. The van der Waals surface area contributed by atoms with Crippen molar-refractivity contribution >= 4 is 11.8 Å². The van der Waals surface area contributed by atoms with Crippen LogP contribution in [0.4, 0.5) is 0 Å². The highest BCUT2D eigenvalue weighted by molar-refractivity contribution is 5.94. The fourth-order valence-corrected chi connectivity index (χ4v) is 3.44. The lowest BCUT2D eigenvalue weighted by molar-refractivity contribution is -0.123. The lowest BCUT2D eigenvalue weighted by atomic mass is 10.0. The van der Waals surface area contributed by atoms with Gasteiger partial charge >= 0.3 is 0 Å². The molecule has 0 spiro atoms. The van der Waals surface area contributed by atoms with Gasteiger partial charge in [-0.15, -0.1) is 0 Å². The normalized spacial score (nSPS) is 18.3. The molecule has 0 aliphatic carbocycles. The zero-order chi connectivity index (χ0) is 20.1. The van der Waals surface area contributed by atoms with Gasteiger partial charge in [-0.2, -0.15) is 0 Å². The average Bonchev–Trinajstić information content (AvgIpc) is 3.43. The van der Waals surface area contributed by atoms with E-state index < -0.39 is 6.04 Å². The summed E-state index contributed by atoms with van der Waals surface area (Å²) in [5.41, 5.74) is 13.8. The first-order chi connectivity index (χ1) is 14.2.